The third kappa shape index (κ3) is 3.60. The van der Waals surface area contributed by atoms with Gasteiger partial charge >= 0.3 is 0 Å². The molecule has 7 heteroatoms. The van der Waals surface area contributed by atoms with Crippen LogP contribution in [0.25, 0.3) is 10.1 Å². The van der Waals surface area contributed by atoms with Crippen molar-refractivity contribution < 1.29 is 14.3 Å². The summed E-state index contributed by atoms with van der Waals surface area (Å²) in [5.41, 5.74) is 3.21. The number of hydrazone groups is 1. The van der Waals surface area contributed by atoms with Gasteiger partial charge in [0.1, 0.15) is 16.4 Å². The Kier molecular flexibility index (Phi) is 5.21. The molecule has 3 rings (SSSR count). The van der Waals surface area contributed by atoms with Gasteiger partial charge in [0.25, 0.3) is 5.91 Å². The Hall–Kier alpha value is -2.57. The number of fused-ring (bicyclic) bond motifs is 1. The number of hydrogen-bond donors (Lipinski definition) is 1. The first-order chi connectivity index (χ1) is 12.1. The molecule has 1 amide bonds. The van der Waals surface area contributed by atoms with Crippen LogP contribution in [0, 0.1) is 0 Å². The Morgan fingerprint density at radius 3 is 2.72 bits per heavy atom. The molecule has 0 unspecified atom stereocenters. The van der Waals surface area contributed by atoms with Gasteiger partial charge in [-0.3, -0.25) is 4.79 Å². The lowest BCUT2D eigenvalue weighted by atomic mass is 10.2. The lowest BCUT2D eigenvalue weighted by Gasteiger charge is -2.06. The van der Waals surface area contributed by atoms with Gasteiger partial charge in [-0.15, -0.1) is 11.3 Å². The van der Waals surface area contributed by atoms with Crippen LogP contribution in [0.3, 0.4) is 0 Å². The first kappa shape index (κ1) is 17.3. The number of benzene rings is 2. The van der Waals surface area contributed by atoms with E-state index in [4.69, 9.17) is 21.1 Å². The van der Waals surface area contributed by atoms with Crippen molar-refractivity contribution in [1.82, 2.24) is 5.43 Å². The molecule has 1 aromatic heterocycles. The van der Waals surface area contributed by atoms with E-state index in [1.54, 1.807) is 32.4 Å². The number of carbonyl (C=O) groups excluding carboxylic acids is 1. The molecule has 3 aromatic rings. The molecule has 25 heavy (non-hydrogen) atoms. The van der Waals surface area contributed by atoms with Gasteiger partial charge in [-0.1, -0.05) is 29.8 Å². The maximum absolute atomic E-state index is 12.3. The number of nitrogens with one attached hydrogen (secondary N) is 1. The van der Waals surface area contributed by atoms with Crippen LogP contribution in [-0.2, 0) is 0 Å². The first-order valence-electron chi connectivity index (χ1n) is 7.36. The second-order valence-electron chi connectivity index (χ2n) is 5.05. The van der Waals surface area contributed by atoms with Crippen molar-refractivity contribution in [3.05, 3.63) is 57.9 Å². The number of rotatable bonds is 5. The molecule has 0 radical (unpaired) electrons. The van der Waals surface area contributed by atoms with Gasteiger partial charge in [0.05, 0.1) is 25.5 Å². The van der Waals surface area contributed by atoms with Crippen molar-refractivity contribution >= 4 is 45.1 Å². The van der Waals surface area contributed by atoms with Crippen LogP contribution in [0.4, 0.5) is 0 Å². The van der Waals surface area contributed by atoms with Gasteiger partial charge in [-0.2, -0.15) is 5.10 Å². The van der Waals surface area contributed by atoms with Crippen molar-refractivity contribution in [3.8, 4) is 11.5 Å². The Balaban J connectivity index is 1.77. The molecular weight excluding hydrogens is 360 g/mol. The second kappa shape index (κ2) is 7.55. The van der Waals surface area contributed by atoms with E-state index < -0.39 is 0 Å². The molecule has 0 saturated heterocycles. The molecule has 5 nitrogen and oxygen atoms in total. The van der Waals surface area contributed by atoms with Crippen molar-refractivity contribution in [2.75, 3.05) is 14.2 Å². The number of thiophene rings is 1. The summed E-state index contributed by atoms with van der Waals surface area (Å²) in [5.74, 6) is 0.919. The molecule has 0 spiro atoms. The summed E-state index contributed by atoms with van der Waals surface area (Å²) >= 11 is 7.62. The van der Waals surface area contributed by atoms with Crippen molar-refractivity contribution in [2.24, 2.45) is 5.10 Å². The smallest absolute Gasteiger partial charge is 0.283 e. The molecule has 0 atom stereocenters. The van der Waals surface area contributed by atoms with E-state index in [0.29, 0.717) is 27.0 Å². The number of methoxy groups -OCH3 is 2. The minimum atomic E-state index is -0.352. The van der Waals surface area contributed by atoms with E-state index >= 15 is 0 Å². The molecule has 0 aliphatic heterocycles. The molecule has 128 valence electrons. The predicted molar refractivity (Wildman–Crippen MR) is 101 cm³/mol. The molecule has 0 aliphatic carbocycles. The molecule has 1 N–H and O–H groups in total. The van der Waals surface area contributed by atoms with Gasteiger partial charge < -0.3 is 9.47 Å². The third-order valence-corrected chi connectivity index (χ3v) is 5.23. The zero-order chi connectivity index (χ0) is 17.8. The maximum atomic E-state index is 12.3. The summed E-state index contributed by atoms with van der Waals surface area (Å²) in [6.07, 6.45) is 1.51. The molecule has 0 aliphatic rings. The maximum Gasteiger partial charge on any atom is 0.283 e. The van der Waals surface area contributed by atoms with Crippen LogP contribution in [0.15, 0.2) is 47.6 Å². The second-order valence-corrected chi connectivity index (χ2v) is 6.48. The van der Waals surface area contributed by atoms with E-state index in [2.05, 4.69) is 10.5 Å². The SMILES string of the molecule is COc1ccc(C=NNC(=O)c2sc3ccccc3c2Cl)c(OC)c1. The summed E-state index contributed by atoms with van der Waals surface area (Å²) < 4.78 is 11.4. The lowest BCUT2D eigenvalue weighted by Crippen LogP contribution is -2.16. The topological polar surface area (TPSA) is 59.9 Å². The zero-order valence-electron chi connectivity index (χ0n) is 13.6. The molecule has 2 aromatic carbocycles. The van der Waals surface area contributed by atoms with Crippen molar-refractivity contribution in [1.29, 1.82) is 0 Å². The van der Waals surface area contributed by atoms with E-state index in [1.165, 1.54) is 17.6 Å². The van der Waals surface area contributed by atoms with Gasteiger partial charge in [-0.25, -0.2) is 5.43 Å². The highest BCUT2D eigenvalue weighted by Crippen LogP contribution is 2.34. The molecule has 0 bridgehead atoms. The number of hydrogen-bond acceptors (Lipinski definition) is 5. The highest BCUT2D eigenvalue weighted by molar-refractivity contribution is 7.21. The summed E-state index contributed by atoms with van der Waals surface area (Å²) in [7, 11) is 3.14. The summed E-state index contributed by atoms with van der Waals surface area (Å²) in [6.45, 7) is 0. The Morgan fingerprint density at radius 1 is 1.20 bits per heavy atom. The van der Waals surface area contributed by atoms with Crippen LogP contribution in [0.5, 0.6) is 11.5 Å². The fourth-order valence-corrected chi connectivity index (χ4v) is 3.70. The highest BCUT2D eigenvalue weighted by atomic mass is 35.5. The van der Waals surface area contributed by atoms with Crippen molar-refractivity contribution in [2.45, 2.75) is 0 Å². The average Bonchev–Trinajstić information content (AvgIpc) is 2.99. The Labute approximate surface area is 153 Å². The first-order valence-corrected chi connectivity index (χ1v) is 8.56. The standard InChI is InChI=1S/C18H15ClN2O3S/c1-23-12-8-7-11(14(9-12)24-2)10-20-21-18(22)17-16(19)13-5-3-4-6-15(13)25-17/h3-10H,1-2H3,(H,21,22). The van der Waals surface area contributed by atoms with Crippen molar-refractivity contribution in [3.63, 3.8) is 0 Å². The summed E-state index contributed by atoms with van der Waals surface area (Å²) in [6, 6.07) is 12.9. The fourth-order valence-electron chi connectivity index (χ4n) is 2.30. The summed E-state index contributed by atoms with van der Waals surface area (Å²) in [4.78, 5) is 12.8. The van der Waals surface area contributed by atoms with E-state index in [-0.39, 0.29) is 5.91 Å². The fraction of sp³-hybridized carbons (Fsp3) is 0.111. The third-order valence-electron chi connectivity index (χ3n) is 3.55. The van der Waals surface area contributed by atoms with E-state index in [1.807, 2.05) is 24.3 Å². The lowest BCUT2D eigenvalue weighted by molar-refractivity contribution is 0.0959. The van der Waals surface area contributed by atoms with Crippen LogP contribution >= 0.6 is 22.9 Å². The van der Waals surface area contributed by atoms with Gasteiger partial charge in [-0.05, 0) is 18.2 Å². The average molecular weight is 375 g/mol. The molecule has 1 heterocycles. The number of nitrogens with zero attached hydrogens (tertiary/aromatic N) is 1. The highest BCUT2D eigenvalue weighted by Gasteiger charge is 2.16. The monoisotopic (exact) mass is 374 g/mol. The number of halogens is 1. The van der Waals surface area contributed by atoms with Crippen LogP contribution < -0.4 is 14.9 Å². The Bertz CT molecular complexity index is 953. The minimum Gasteiger partial charge on any atom is -0.497 e. The minimum absolute atomic E-state index is 0.352. The van der Waals surface area contributed by atoms with Crippen LogP contribution in [-0.4, -0.2) is 26.3 Å². The number of amides is 1. The number of ether oxygens (including phenoxy) is 2. The van der Waals surface area contributed by atoms with Crippen LogP contribution in [0.1, 0.15) is 15.2 Å². The largest absolute Gasteiger partial charge is 0.497 e. The normalized spacial score (nSPS) is 11.0. The quantitative estimate of drug-likeness (QED) is 0.534. The van der Waals surface area contributed by atoms with E-state index in [0.717, 1.165) is 10.1 Å². The van der Waals surface area contributed by atoms with Gasteiger partial charge in [0, 0.05) is 21.7 Å². The number of carbonyl (C=O) groups is 1. The van der Waals surface area contributed by atoms with E-state index in [9.17, 15) is 4.79 Å². The Morgan fingerprint density at radius 2 is 2.00 bits per heavy atom. The van der Waals surface area contributed by atoms with Gasteiger partial charge in [0.2, 0.25) is 0 Å². The van der Waals surface area contributed by atoms with Gasteiger partial charge in [0.15, 0.2) is 0 Å². The molecular formula is C18H15ClN2O3S. The van der Waals surface area contributed by atoms with Crippen LogP contribution in [0.2, 0.25) is 5.02 Å². The molecule has 0 fully saturated rings. The predicted octanol–water partition coefficient (Wildman–Crippen LogP) is 4.34. The summed E-state index contributed by atoms with van der Waals surface area (Å²) in [5, 5.41) is 5.30. The zero-order valence-corrected chi connectivity index (χ0v) is 15.1. The molecule has 0 saturated carbocycles.